The molecular formula is C21H22F4O3. The van der Waals surface area contributed by atoms with Crippen LogP contribution in [0.2, 0.25) is 0 Å². The van der Waals surface area contributed by atoms with Gasteiger partial charge in [0, 0.05) is 12.0 Å². The van der Waals surface area contributed by atoms with Crippen LogP contribution in [-0.4, -0.2) is 18.0 Å². The van der Waals surface area contributed by atoms with Gasteiger partial charge in [0.05, 0.1) is 0 Å². The molecule has 2 aromatic rings. The Kier molecular flexibility index (Phi) is 7.05. The van der Waals surface area contributed by atoms with Crippen LogP contribution < -0.4 is 9.47 Å². The molecular weight excluding hydrogens is 376 g/mol. The average molecular weight is 398 g/mol. The Labute approximate surface area is 161 Å². The Hall–Kier alpha value is -2.57. The Morgan fingerprint density at radius 3 is 1.68 bits per heavy atom. The number of carbonyl (C=O) groups is 1. The number of alkyl halides is 4. The molecule has 0 aromatic heterocycles. The van der Waals surface area contributed by atoms with Crippen molar-refractivity contribution < 1.29 is 31.8 Å². The van der Waals surface area contributed by atoms with E-state index in [1.165, 1.54) is 24.3 Å². The normalized spacial score (nSPS) is 11.9. The van der Waals surface area contributed by atoms with Gasteiger partial charge in [-0.15, -0.1) is 0 Å². The maximum absolute atomic E-state index is 14.0. The van der Waals surface area contributed by atoms with Gasteiger partial charge in [-0.05, 0) is 54.8 Å². The average Bonchev–Trinajstić information content (AvgIpc) is 2.63. The second-order valence-electron chi connectivity index (χ2n) is 6.33. The van der Waals surface area contributed by atoms with E-state index in [4.69, 9.17) is 0 Å². The van der Waals surface area contributed by atoms with E-state index in [0.717, 1.165) is 30.5 Å². The molecule has 0 radical (unpaired) electrons. The summed E-state index contributed by atoms with van der Waals surface area (Å²) in [6.07, 6.45) is -7.25. The first-order chi connectivity index (χ1) is 13.2. The second kappa shape index (κ2) is 9.08. The molecule has 2 aromatic carbocycles. The lowest BCUT2D eigenvalue weighted by atomic mass is 10.1. The predicted octanol–water partition coefficient (Wildman–Crippen LogP) is 6.27. The monoisotopic (exact) mass is 398 g/mol. The number of ether oxygens (including phenoxy) is 2. The van der Waals surface area contributed by atoms with Crippen LogP contribution in [0.3, 0.4) is 0 Å². The van der Waals surface area contributed by atoms with Crippen molar-refractivity contribution >= 4 is 5.78 Å². The maximum Gasteiger partial charge on any atom is 0.507 e. The summed E-state index contributed by atoms with van der Waals surface area (Å²) in [4.78, 5) is 11.7. The molecule has 3 nitrogen and oxygen atoms in total. The minimum absolute atomic E-state index is 0.166. The first-order valence-corrected chi connectivity index (χ1v) is 9.04. The molecule has 0 fully saturated rings. The van der Waals surface area contributed by atoms with Crippen molar-refractivity contribution in [2.24, 2.45) is 0 Å². The Morgan fingerprint density at radius 2 is 1.25 bits per heavy atom. The third kappa shape index (κ3) is 5.47. The van der Waals surface area contributed by atoms with E-state index >= 15 is 0 Å². The van der Waals surface area contributed by atoms with Crippen LogP contribution in [0.15, 0.2) is 48.5 Å². The lowest BCUT2D eigenvalue weighted by Gasteiger charge is -2.26. The quantitative estimate of drug-likeness (QED) is 0.350. The molecule has 0 atom stereocenters. The fourth-order valence-corrected chi connectivity index (χ4v) is 2.51. The zero-order valence-corrected chi connectivity index (χ0v) is 15.7. The molecule has 0 N–H and O–H groups in total. The van der Waals surface area contributed by atoms with E-state index in [2.05, 4.69) is 9.47 Å². The maximum atomic E-state index is 14.0. The number of hydrogen-bond donors (Lipinski definition) is 0. The van der Waals surface area contributed by atoms with Gasteiger partial charge in [0.2, 0.25) is 0 Å². The number of benzene rings is 2. The summed E-state index contributed by atoms with van der Waals surface area (Å²) in [6, 6.07) is 10.1. The highest BCUT2D eigenvalue weighted by Gasteiger charge is 2.63. The van der Waals surface area contributed by atoms with Crippen molar-refractivity contribution in [1.29, 1.82) is 0 Å². The van der Waals surface area contributed by atoms with Gasteiger partial charge in [-0.1, -0.05) is 32.4 Å². The van der Waals surface area contributed by atoms with E-state index in [1.807, 2.05) is 13.8 Å². The van der Waals surface area contributed by atoms with Crippen LogP contribution in [0.4, 0.5) is 17.6 Å². The fourth-order valence-electron chi connectivity index (χ4n) is 2.51. The van der Waals surface area contributed by atoms with Crippen LogP contribution in [0.1, 0.15) is 49.0 Å². The largest absolute Gasteiger partial charge is 0.507 e. The highest BCUT2D eigenvalue weighted by Crippen LogP contribution is 2.38. The van der Waals surface area contributed by atoms with Crippen molar-refractivity contribution in [2.45, 2.75) is 51.7 Å². The van der Waals surface area contributed by atoms with Gasteiger partial charge in [-0.25, -0.2) is 0 Å². The summed E-state index contributed by atoms with van der Waals surface area (Å²) in [7, 11) is 0. The van der Waals surface area contributed by atoms with Gasteiger partial charge in [0.25, 0.3) is 0 Å². The predicted molar refractivity (Wildman–Crippen MR) is 97.3 cm³/mol. The second-order valence-corrected chi connectivity index (χ2v) is 6.33. The van der Waals surface area contributed by atoms with Gasteiger partial charge < -0.3 is 9.47 Å². The summed E-state index contributed by atoms with van der Waals surface area (Å²) < 4.78 is 64.3. The lowest BCUT2D eigenvalue weighted by Crippen LogP contribution is -2.49. The van der Waals surface area contributed by atoms with Gasteiger partial charge >= 0.3 is 12.2 Å². The third-order valence-electron chi connectivity index (χ3n) is 3.95. The minimum Gasteiger partial charge on any atom is -0.425 e. The summed E-state index contributed by atoms with van der Waals surface area (Å²) in [5.74, 6) is -1.06. The smallest absolute Gasteiger partial charge is 0.425 e. The van der Waals surface area contributed by atoms with Gasteiger partial charge in [-0.2, -0.15) is 17.6 Å². The molecule has 0 aliphatic heterocycles. The summed E-state index contributed by atoms with van der Waals surface area (Å²) in [5, 5.41) is 0. The van der Waals surface area contributed by atoms with Crippen molar-refractivity contribution in [2.75, 3.05) is 0 Å². The number of carbonyl (C=O) groups excluding carboxylic acids is 1. The number of ketones is 1. The Morgan fingerprint density at radius 1 is 0.786 bits per heavy atom. The van der Waals surface area contributed by atoms with E-state index in [9.17, 15) is 22.4 Å². The fraction of sp³-hybridized carbons (Fsp3) is 0.381. The molecule has 2 rings (SSSR count). The molecule has 0 aliphatic carbocycles. The van der Waals surface area contributed by atoms with E-state index in [1.54, 1.807) is 12.1 Å². The molecule has 28 heavy (non-hydrogen) atoms. The number of rotatable bonds is 10. The number of Topliss-reactive ketones (excluding diaryl/α,β-unsaturated/α-hetero) is 1. The number of aryl methyl sites for hydroxylation is 1. The molecule has 7 heteroatoms. The van der Waals surface area contributed by atoms with E-state index in [0.29, 0.717) is 18.4 Å². The SMILES string of the molecule is CCCC(=O)c1ccc(OC(F)(F)C(F)(F)Oc2ccc(CCC)cc2)cc1. The summed E-state index contributed by atoms with van der Waals surface area (Å²) in [6.45, 7) is 3.79. The van der Waals surface area contributed by atoms with Crippen LogP contribution >= 0.6 is 0 Å². The van der Waals surface area contributed by atoms with Gasteiger partial charge in [0.15, 0.2) is 5.78 Å². The number of hydrogen-bond acceptors (Lipinski definition) is 3. The molecule has 0 unspecified atom stereocenters. The third-order valence-corrected chi connectivity index (χ3v) is 3.95. The van der Waals surface area contributed by atoms with Crippen molar-refractivity contribution in [3.8, 4) is 11.5 Å². The highest BCUT2D eigenvalue weighted by molar-refractivity contribution is 5.96. The molecule has 0 bridgehead atoms. The summed E-state index contributed by atoms with van der Waals surface area (Å²) >= 11 is 0. The van der Waals surface area contributed by atoms with Gasteiger partial charge in [0.1, 0.15) is 11.5 Å². The lowest BCUT2D eigenvalue weighted by molar-refractivity contribution is -0.379. The van der Waals surface area contributed by atoms with Crippen molar-refractivity contribution in [3.63, 3.8) is 0 Å². The van der Waals surface area contributed by atoms with Crippen molar-refractivity contribution in [1.82, 2.24) is 0 Å². The van der Waals surface area contributed by atoms with Crippen LogP contribution in [0.25, 0.3) is 0 Å². The molecule has 0 saturated heterocycles. The first kappa shape index (κ1) is 21.7. The minimum atomic E-state index is -4.91. The van der Waals surface area contributed by atoms with Crippen LogP contribution in [0.5, 0.6) is 11.5 Å². The molecule has 0 amide bonds. The first-order valence-electron chi connectivity index (χ1n) is 9.04. The number of halogens is 4. The Bertz CT molecular complexity index is 771. The topological polar surface area (TPSA) is 35.5 Å². The van der Waals surface area contributed by atoms with E-state index < -0.39 is 23.7 Å². The standard InChI is InChI=1S/C21H22F4O3/c1-3-5-15-7-11-17(12-8-15)27-20(22,23)21(24,25)28-18-13-9-16(10-14-18)19(26)6-4-2/h7-14H,3-6H2,1-2H3. The van der Waals surface area contributed by atoms with Gasteiger partial charge in [-0.3, -0.25) is 4.79 Å². The van der Waals surface area contributed by atoms with Crippen LogP contribution in [-0.2, 0) is 6.42 Å². The molecule has 0 spiro atoms. The molecule has 0 heterocycles. The Balaban J connectivity index is 2.07. The highest BCUT2D eigenvalue weighted by atomic mass is 19.3. The summed E-state index contributed by atoms with van der Waals surface area (Å²) in [5.41, 5.74) is 1.19. The van der Waals surface area contributed by atoms with E-state index in [-0.39, 0.29) is 5.78 Å². The van der Waals surface area contributed by atoms with Crippen LogP contribution in [0, 0.1) is 0 Å². The molecule has 0 aliphatic rings. The zero-order valence-electron chi connectivity index (χ0n) is 15.7. The molecule has 0 saturated carbocycles. The molecule has 152 valence electrons. The van der Waals surface area contributed by atoms with Crippen molar-refractivity contribution in [3.05, 3.63) is 59.7 Å². The zero-order chi connectivity index (χ0) is 20.8.